The molecule has 0 saturated carbocycles. The van der Waals surface area contributed by atoms with Gasteiger partial charge in [-0.05, 0) is 68.8 Å². The van der Waals surface area contributed by atoms with E-state index in [1.807, 2.05) is 69.3 Å². The van der Waals surface area contributed by atoms with Crippen molar-refractivity contribution in [2.75, 3.05) is 11.9 Å². The average Bonchev–Trinajstić information content (AvgIpc) is 3.21. The number of ether oxygens (including phenoxy) is 1. The molecule has 0 unspecified atom stereocenters. The fourth-order valence-corrected chi connectivity index (χ4v) is 3.66. The molecule has 4 rings (SSSR count). The number of aromatic nitrogens is 3. The molecular weight excluding hydrogens is 468 g/mol. The zero-order valence-corrected chi connectivity index (χ0v) is 19.7. The van der Waals surface area contributed by atoms with Gasteiger partial charge in [0.15, 0.2) is 5.82 Å². The third-order valence-electron chi connectivity index (χ3n) is 4.92. The predicted molar refractivity (Wildman–Crippen MR) is 130 cm³/mol. The first kappa shape index (κ1) is 21.8. The number of rotatable bonds is 6. The van der Waals surface area contributed by atoms with E-state index >= 15 is 0 Å². The van der Waals surface area contributed by atoms with Gasteiger partial charge in [0.25, 0.3) is 5.91 Å². The van der Waals surface area contributed by atoms with Crippen molar-refractivity contribution in [3.63, 3.8) is 0 Å². The van der Waals surface area contributed by atoms with Crippen molar-refractivity contribution in [3.8, 4) is 22.8 Å². The van der Waals surface area contributed by atoms with Gasteiger partial charge in [-0.2, -0.15) is 0 Å². The lowest BCUT2D eigenvalue weighted by Gasteiger charge is -2.10. The summed E-state index contributed by atoms with van der Waals surface area (Å²) in [5.74, 6) is 1.06. The monoisotopic (exact) mass is 490 g/mol. The summed E-state index contributed by atoms with van der Waals surface area (Å²) in [5, 5.41) is 7.43. The van der Waals surface area contributed by atoms with Crippen LogP contribution in [0.4, 0.5) is 5.69 Å². The molecule has 6 nitrogen and oxygen atoms in total. The summed E-state index contributed by atoms with van der Waals surface area (Å²) in [4.78, 5) is 17.6. The molecule has 3 aromatic carbocycles. The molecule has 4 aromatic rings. The first-order valence-corrected chi connectivity index (χ1v) is 11.1. The van der Waals surface area contributed by atoms with Crippen LogP contribution in [0.2, 0.25) is 0 Å². The van der Waals surface area contributed by atoms with E-state index < -0.39 is 0 Å². The van der Waals surface area contributed by atoms with Crippen LogP contribution in [-0.2, 0) is 0 Å². The molecule has 0 fully saturated rings. The van der Waals surface area contributed by atoms with Crippen LogP contribution in [0.5, 0.6) is 5.75 Å². The minimum Gasteiger partial charge on any atom is -0.494 e. The number of nitrogens with one attached hydrogen (secondary N) is 1. The van der Waals surface area contributed by atoms with Gasteiger partial charge in [-0.25, -0.2) is 9.67 Å². The zero-order chi connectivity index (χ0) is 22.7. The molecule has 1 aromatic heterocycles. The summed E-state index contributed by atoms with van der Waals surface area (Å²) in [5.41, 5.74) is 4.59. The summed E-state index contributed by atoms with van der Waals surface area (Å²) >= 11 is 3.47. The largest absolute Gasteiger partial charge is 0.494 e. The molecule has 0 spiro atoms. The highest BCUT2D eigenvalue weighted by molar-refractivity contribution is 9.10. The Kier molecular flexibility index (Phi) is 6.37. The maximum Gasteiger partial charge on any atom is 0.295 e. The van der Waals surface area contributed by atoms with Gasteiger partial charge in [0, 0.05) is 15.7 Å². The van der Waals surface area contributed by atoms with Crippen LogP contribution in [0.3, 0.4) is 0 Å². The molecule has 1 amide bonds. The number of amides is 1. The molecule has 0 aliphatic carbocycles. The summed E-state index contributed by atoms with van der Waals surface area (Å²) in [6.45, 7) is 6.58. The number of carbonyl (C=O) groups excluding carboxylic acids is 1. The van der Waals surface area contributed by atoms with Crippen LogP contribution in [0.1, 0.15) is 28.7 Å². The molecule has 1 N–H and O–H groups in total. The maximum absolute atomic E-state index is 13.0. The van der Waals surface area contributed by atoms with Crippen molar-refractivity contribution in [1.29, 1.82) is 0 Å². The van der Waals surface area contributed by atoms with Crippen molar-refractivity contribution in [3.05, 3.63) is 88.2 Å². The minimum absolute atomic E-state index is 0.0942. The summed E-state index contributed by atoms with van der Waals surface area (Å²) in [6.07, 6.45) is 0. The second-order valence-corrected chi connectivity index (χ2v) is 8.29. The molecule has 162 valence electrons. The maximum atomic E-state index is 13.0. The standard InChI is InChI=1S/C25H23BrN4O2/c1-4-32-21-12-10-20(11-13-21)27-25(31)23-28-24(18-6-8-19(26)9-7-18)30(29-23)22-14-5-16(2)15-17(22)3/h5-15H,4H2,1-3H3,(H,27,31). The Bertz CT molecular complexity index is 1250. The van der Waals surface area contributed by atoms with Gasteiger partial charge < -0.3 is 10.1 Å². The van der Waals surface area contributed by atoms with Gasteiger partial charge in [-0.1, -0.05) is 45.8 Å². The van der Waals surface area contributed by atoms with E-state index in [-0.39, 0.29) is 11.7 Å². The second-order valence-electron chi connectivity index (χ2n) is 7.38. The molecule has 0 atom stereocenters. The van der Waals surface area contributed by atoms with Gasteiger partial charge in [0.1, 0.15) is 5.75 Å². The summed E-state index contributed by atoms with van der Waals surface area (Å²) < 4.78 is 8.14. The van der Waals surface area contributed by atoms with E-state index in [4.69, 9.17) is 4.74 Å². The molecule has 0 aliphatic rings. The SMILES string of the molecule is CCOc1ccc(NC(=O)c2nc(-c3ccc(Br)cc3)n(-c3ccc(C)cc3C)n2)cc1. The second kappa shape index (κ2) is 9.36. The molecule has 7 heteroatoms. The number of hydrogen-bond acceptors (Lipinski definition) is 4. The van der Waals surface area contributed by atoms with E-state index in [2.05, 4.69) is 37.4 Å². The highest BCUT2D eigenvalue weighted by Crippen LogP contribution is 2.25. The van der Waals surface area contributed by atoms with E-state index in [1.54, 1.807) is 16.8 Å². The Morgan fingerprint density at radius 3 is 2.41 bits per heavy atom. The highest BCUT2D eigenvalue weighted by Gasteiger charge is 2.20. The van der Waals surface area contributed by atoms with Gasteiger partial charge >= 0.3 is 0 Å². The van der Waals surface area contributed by atoms with Crippen LogP contribution in [0.25, 0.3) is 17.1 Å². The van der Waals surface area contributed by atoms with Crippen LogP contribution < -0.4 is 10.1 Å². The molecule has 0 bridgehead atoms. The first-order valence-electron chi connectivity index (χ1n) is 10.3. The van der Waals surface area contributed by atoms with E-state index in [0.29, 0.717) is 18.1 Å². The number of aryl methyl sites for hydroxylation is 2. The number of hydrogen-bond donors (Lipinski definition) is 1. The van der Waals surface area contributed by atoms with Crippen LogP contribution in [-0.4, -0.2) is 27.3 Å². The van der Waals surface area contributed by atoms with Gasteiger partial charge in [0.2, 0.25) is 5.82 Å². The van der Waals surface area contributed by atoms with Crippen molar-refractivity contribution in [2.24, 2.45) is 0 Å². The lowest BCUT2D eigenvalue weighted by molar-refractivity contribution is 0.101. The number of halogens is 1. The quantitative estimate of drug-likeness (QED) is 0.361. The zero-order valence-electron chi connectivity index (χ0n) is 18.1. The Labute approximate surface area is 195 Å². The molecule has 1 heterocycles. The van der Waals surface area contributed by atoms with Crippen LogP contribution in [0, 0.1) is 13.8 Å². The van der Waals surface area contributed by atoms with Crippen LogP contribution >= 0.6 is 15.9 Å². The number of carbonyl (C=O) groups is 1. The molecular formula is C25H23BrN4O2. The van der Waals surface area contributed by atoms with Crippen molar-refractivity contribution in [2.45, 2.75) is 20.8 Å². The predicted octanol–water partition coefficient (Wildman–Crippen LogP) is 5.96. The molecule has 0 radical (unpaired) electrons. The Balaban J connectivity index is 1.71. The Morgan fingerprint density at radius 2 is 1.75 bits per heavy atom. The Morgan fingerprint density at radius 1 is 1.03 bits per heavy atom. The van der Waals surface area contributed by atoms with Gasteiger partial charge in [-0.15, -0.1) is 5.10 Å². The van der Waals surface area contributed by atoms with E-state index in [9.17, 15) is 4.79 Å². The van der Waals surface area contributed by atoms with Gasteiger partial charge in [-0.3, -0.25) is 4.79 Å². The average molecular weight is 491 g/mol. The summed E-state index contributed by atoms with van der Waals surface area (Å²) in [7, 11) is 0. The highest BCUT2D eigenvalue weighted by atomic mass is 79.9. The Hall–Kier alpha value is -3.45. The fourth-order valence-electron chi connectivity index (χ4n) is 3.39. The normalized spacial score (nSPS) is 10.8. The van der Waals surface area contributed by atoms with Crippen molar-refractivity contribution < 1.29 is 9.53 Å². The van der Waals surface area contributed by atoms with Crippen LogP contribution in [0.15, 0.2) is 71.2 Å². The first-order chi connectivity index (χ1) is 15.4. The fraction of sp³-hybridized carbons (Fsp3) is 0.160. The smallest absolute Gasteiger partial charge is 0.295 e. The van der Waals surface area contributed by atoms with Gasteiger partial charge in [0.05, 0.1) is 12.3 Å². The lowest BCUT2D eigenvalue weighted by atomic mass is 10.1. The van der Waals surface area contributed by atoms with Crippen molar-refractivity contribution in [1.82, 2.24) is 14.8 Å². The van der Waals surface area contributed by atoms with E-state index in [1.165, 1.54) is 0 Å². The number of nitrogens with zero attached hydrogens (tertiary/aromatic N) is 3. The molecule has 32 heavy (non-hydrogen) atoms. The van der Waals surface area contributed by atoms with E-state index in [0.717, 1.165) is 32.6 Å². The van der Waals surface area contributed by atoms with Crippen molar-refractivity contribution >= 4 is 27.5 Å². The lowest BCUT2D eigenvalue weighted by Crippen LogP contribution is -2.14. The third-order valence-corrected chi connectivity index (χ3v) is 5.44. The summed E-state index contributed by atoms with van der Waals surface area (Å²) in [6, 6.07) is 21.1. The topological polar surface area (TPSA) is 69.0 Å². The number of anilines is 1. The molecule has 0 aliphatic heterocycles. The third kappa shape index (κ3) is 4.73. The molecule has 0 saturated heterocycles. The minimum atomic E-state index is -0.379. The number of benzene rings is 3.